The van der Waals surface area contributed by atoms with Crippen LogP contribution in [0.4, 0.5) is 0 Å². The summed E-state index contributed by atoms with van der Waals surface area (Å²) in [4.78, 5) is 22.8. The van der Waals surface area contributed by atoms with Crippen molar-refractivity contribution in [3.63, 3.8) is 0 Å². The summed E-state index contributed by atoms with van der Waals surface area (Å²) < 4.78 is 5.15. The Morgan fingerprint density at radius 3 is 2.48 bits per heavy atom. The molecule has 0 bridgehead atoms. The van der Waals surface area contributed by atoms with Crippen LogP contribution in [0.5, 0.6) is 0 Å². The van der Waals surface area contributed by atoms with Gasteiger partial charge in [0.1, 0.15) is 0 Å². The molecule has 7 heteroatoms. The number of nitrogens with zero attached hydrogens (tertiary/aromatic N) is 2. The van der Waals surface area contributed by atoms with Gasteiger partial charge in [-0.15, -0.1) is 0 Å². The Morgan fingerprint density at radius 2 is 1.80 bits per heavy atom. The zero-order chi connectivity index (χ0) is 17.6. The first-order chi connectivity index (χ1) is 12.1. The Morgan fingerprint density at radius 1 is 1.08 bits per heavy atom. The van der Waals surface area contributed by atoms with Crippen LogP contribution in [0.2, 0.25) is 0 Å². The van der Waals surface area contributed by atoms with Gasteiger partial charge in [0.2, 0.25) is 0 Å². The number of carboxylic acids is 1. The molecule has 3 rings (SSSR count). The van der Waals surface area contributed by atoms with E-state index in [2.05, 4.69) is 15.7 Å². The predicted octanol–water partition coefficient (Wildman–Crippen LogP) is 2.80. The molecule has 0 radical (unpaired) electrons. The van der Waals surface area contributed by atoms with Crippen LogP contribution < -0.4 is 5.43 Å². The van der Waals surface area contributed by atoms with Gasteiger partial charge in [-0.3, -0.25) is 4.79 Å². The van der Waals surface area contributed by atoms with Crippen molar-refractivity contribution in [2.24, 2.45) is 5.10 Å². The molecule has 1 heterocycles. The van der Waals surface area contributed by atoms with Crippen molar-refractivity contribution >= 4 is 18.1 Å². The minimum Gasteiger partial charge on any atom is -0.478 e. The van der Waals surface area contributed by atoms with Gasteiger partial charge in [-0.05, 0) is 17.7 Å². The van der Waals surface area contributed by atoms with Crippen molar-refractivity contribution < 1.29 is 19.2 Å². The number of aromatic nitrogens is 1. The van der Waals surface area contributed by atoms with Crippen molar-refractivity contribution in [3.8, 4) is 11.3 Å². The van der Waals surface area contributed by atoms with E-state index in [4.69, 9.17) is 9.63 Å². The molecule has 1 aromatic heterocycles. The van der Waals surface area contributed by atoms with Gasteiger partial charge >= 0.3 is 5.97 Å². The fraction of sp³-hybridized carbons (Fsp3) is 0. The molecule has 0 atom stereocenters. The standard InChI is InChI=1S/C18H13N3O4/c22-17(15-10-16(25-21-15)13-4-2-1-3-5-13)20-19-11-12-6-8-14(9-7-12)18(23)24/h1-11H,(H,20,22)(H,23,24). The molecule has 0 fully saturated rings. The van der Waals surface area contributed by atoms with E-state index in [9.17, 15) is 9.59 Å². The van der Waals surface area contributed by atoms with E-state index < -0.39 is 11.9 Å². The minimum atomic E-state index is -1.00. The van der Waals surface area contributed by atoms with Crippen molar-refractivity contribution in [1.29, 1.82) is 0 Å². The quantitative estimate of drug-likeness (QED) is 0.551. The molecule has 124 valence electrons. The maximum absolute atomic E-state index is 12.0. The molecular weight excluding hydrogens is 322 g/mol. The van der Waals surface area contributed by atoms with E-state index in [0.29, 0.717) is 11.3 Å². The first-order valence-electron chi connectivity index (χ1n) is 7.32. The van der Waals surface area contributed by atoms with Crippen molar-refractivity contribution in [1.82, 2.24) is 10.6 Å². The van der Waals surface area contributed by atoms with Crippen molar-refractivity contribution in [3.05, 3.63) is 77.5 Å². The molecule has 0 saturated heterocycles. The smallest absolute Gasteiger partial charge is 0.335 e. The Balaban J connectivity index is 1.63. The van der Waals surface area contributed by atoms with Crippen LogP contribution in [0.3, 0.4) is 0 Å². The predicted molar refractivity (Wildman–Crippen MR) is 90.4 cm³/mol. The Hall–Kier alpha value is -3.74. The largest absolute Gasteiger partial charge is 0.478 e. The lowest BCUT2D eigenvalue weighted by Gasteiger charge is -1.96. The van der Waals surface area contributed by atoms with Gasteiger partial charge in [0.05, 0.1) is 11.8 Å². The van der Waals surface area contributed by atoms with E-state index in [1.165, 1.54) is 24.4 Å². The van der Waals surface area contributed by atoms with Gasteiger partial charge in [0, 0.05) is 11.6 Å². The summed E-state index contributed by atoms with van der Waals surface area (Å²) in [6, 6.07) is 16.9. The number of carbonyl (C=O) groups is 2. The summed E-state index contributed by atoms with van der Waals surface area (Å²) in [6.45, 7) is 0. The topological polar surface area (TPSA) is 105 Å². The van der Waals surface area contributed by atoms with E-state index in [1.54, 1.807) is 12.1 Å². The highest BCUT2D eigenvalue weighted by Crippen LogP contribution is 2.19. The molecule has 2 aromatic carbocycles. The van der Waals surface area contributed by atoms with Crippen LogP contribution in [0.1, 0.15) is 26.4 Å². The second-order valence-corrected chi connectivity index (χ2v) is 5.07. The van der Waals surface area contributed by atoms with Crippen LogP contribution in [0, 0.1) is 0 Å². The summed E-state index contributed by atoms with van der Waals surface area (Å²) in [6.07, 6.45) is 1.40. The Bertz CT molecular complexity index is 915. The van der Waals surface area contributed by atoms with Gasteiger partial charge in [0.15, 0.2) is 11.5 Å². The van der Waals surface area contributed by atoms with E-state index in [0.717, 1.165) is 5.56 Å². The average Bonchev–Trinajstić information content (AvgIpc) is 3.13. The molecule has 7 nitrogen and oxygen atoms in total. The number of benzene rings is 2. The zero-order valence-electron chi connectivity index (χ0n) is 12.9. The van der Waals surface area contributed by atoms with Crippen molar-refractivity contribution in [2.75, 3.05) is 0 Å². The highest BCUT2D eigenvalue weighted by molar-refractivity contribution is 5.94. The average molecular weight is 335 g/mol. The molecule has 25 heavy (non-hydrogen) atoms. The van der Waals surface area contributed by atoms with Crippen molar-refractivity contribution in [2.45, 2.75) is 0 Å². The third-order valence-corrected chi connectivity index (χ3v) is 3.34. The third kappa shape index (κ3) is 3.97. The van der Waals surface area contributed by atoms with Crippen LogP contribution in [0.25, 0.3) is 11.3 Å². The zero-order valence-corrected chi connectivity index (χ0v) is 12.9. The molecule has 0 aliphatic heterocycles. The molecule has 1 amide bonds. The lowest BCUT2D eigenvalue weighted by Crippen LogP contribution is -2.17. The van der Waals surface area contributed by atoms with Crippen LogP contribution in [-0.2, 0) is 0 Å². The number of aromatic carboxylic acids is 1. The highest BCUT2D eigenvalue weighted by atomic mass is 16.5. The number of nitrogens with one attached hydrogen (secondary N) is 1. The normalized spacial score (nSPS) is 10.7. The number of carbonyl (C=O) groups excluding carboxylic acids is 1. The summed E-state index contributed by atoms with van der Waals surface area (Å²) in [5, 5.41) is 16.4. The van der Waals surface area contributed by atoms with E-state index in [1.807, 2.05) is 30.3 Å². The SMILES string of the molecule is O=C(O)c1ccc(C=NNC(=O)c2cc(-c3ccccc3)on2)cc1. The van der Waals surface area contributed by atoms with Gasteiger partial charge in [-0.1, -0.05) is 47.6 Å². The second-order valence-electron chi connectivity index (χ2n) is 5.07. The number of hydrazone groups is 1. The Kier molecular flexibility index (Phi) is 4.66. The van der Waals surface area contributed by atoms with Crippen LogP contribution in [-0.4, -0.2) is 28.4 Å². The maximum atomic E-state index is 12.0. The minimum absolute atomic E-state index is 0.109. The molecule has 0 unspecified atom stereocenters. The third-order valence-electron chi connectivity index (χ3n) is 3.34. The van der Waals surface area contributed by atoms with Gasteiger partial charge in [-0.2, -0.15) is 5.10 Å². The summed E-state index contributed by atoms with van der Waals surface area (Å²) in [5.41, 5.74) is 4.09. The molecule has 0 saturated carbocycles. The molecule has 0 spiro atoms. The first-order valence-corrected chi connectivity index (χ1v) is 7.32. The molecule has 0 aliphatic carbocycles. The van der Waals surface area contributed by atoms with Crippen LogP contribution >= 0.6 is 0 Å². The van der Waals surface area contributed by atoms with E-state index >= 15 is 0 Å². The number of carboxylic acid groups (broad SMARTS) is 1. The summed E-state index contributed by atoms with van der Waals surface area (Å²) in [5.74, 6) is -1.03. The summed E-state index contributed by atoms with van der Waals surface area (Å²) in [7, 11) is 0. The lowest BCUT2D eigenvalue weighted by atomic mass is 10.1. The number of hydrogen-bond donors (Lipinski definition) is 2. The fourth-order valence-electron chi connectivity index (χ4n) is 2.06. The van der Waals surface area contributed by atoms with Gasteiger partial charge in [0.25, 0.3) is 5.91 Å². The highest BCUT2D eigenvalue weighted by Gasteiger charge is 2.12. The maximum Gasteiger partial charge on any atom is 0.335 e. The number of amides is 1. The second kappa shape index (κ2) is 7.22. The molecule has 0 aliphatic rings. The Labute approximate surface area is 142 Å². The molecular formula is C18H13N3O4. The van der Waals surface area contributed by atoms with E-state index in [-0.39, 0.29) is 11.3 Å². The first kappa shape index (κ1) is 16.1. The lowest BCUT2D eigenvalue weighted by molar-refractivity contribution is 0.0696. The fourth-order valence-corrected chi connectivity index (χ4v) is 2.06. The monoisotopic (exact) mass is 335 g/mol. The van der Waals surface area contributed by atoms with Gasteiger partial charge < -0.3 is 9.63 Å². The summed E-state index contributed by atoms with van der Waals surface area (Å²) >= 11 is 0. The number of hydrogen-bond acceptors (Lipinski definition) is 5. The number of rotatable bonds is 5. The molecule has 3 aromatic rings. The molecule has 2 N–H and O–H groups in total. The van der Waals surface area contributed by atoms with Gasteiger partial charge in [-0.25, -0.2) is 10.2 Å². The van der Waals surface area contributed by atoms with Crippen LogP contribution in [0.15, 0.2) is 70.3 Å².